The van der Waals surface area contributed by atoms with Gasteiger partial charge in [-0.2, -0.15) is 0 Å². The van der Waals surface area contributed by atoms with Crippen molar-refractivity contribution < 1.29 is 14.3 Å². The first-order chi connectivity index (χ1) is 10.6. The molecule has 2 aliphatic rings. The van der Waals surface area contributed by atoms with E-state index in [9.17, 15) is 9.59 Å². The van der Waals surface area contributed by atoms with Crippen molar-refractivity contribution >= 4 is 17.6 Å². The Hall–Kier alpha value is -2.15. The summed E-state index contributed by atoms with van der Waals surface area (Å²) in [5, 5.41) is 0. The monoisotopic (exact) mass is 304 g/mol. The minimum atomic E-state index is -0.126. The third kappa shape index (κ3) is 2.76. The molecule has 0 saturated carbocycles. The van der Waals surface area contributed by atoms with Crippen molar-refractivity contribution in [2.45, 2.75) is 12.1 Å². The first-order valence-corrected chi connectivity index (χ1v) is 7.33. The van der Waals surface area contributed by atoms with Gasteiger partial charge in [0.2, 0.25) is 11.8 Å². The summed E-state index contributed by atoms with van der Waals surface area (Å²) in [6, 6.07) is 5.64. The molecule has 2 fully saturated rings. The van der Waals surface area contributed by atoms with Gasteiger partial charge in [-0.05, 0) is 12.1 Å². The molecule has 0 unspecified atom stereocenters. The highest BCUT2D eigenvalue weighted by molar-refractivity contribution is 5.86. The molecule has 1 aromatic rings. The van der Waals surface area contributed by atoms with Crippen LogP contribution in [0.2, 0.25) is 0 Å². The van der Waals surface area contributed by atoms with E-state index >= 15 is 0 Å². The van der Waals surface area contributed by atoms with Gasteiger partial charge in [0, 0.05) is 33.4 Å². The smallest absolute Gasteiger partial charge is 0.249 e. The predicted molar refractivity (Wildman–Crippen MR) is 80.4 cm³/mol. The number of carbonyl (C=O) groups is 2. The lowest BCUT2D eigenvalue weighted by Crippen LogP contribution is -2.56. The maximum Gasteiger partial charge on any atom is 0.249 e. The van der Waals surface area contributed by atoms with E-state index < -0.39 is 0 Å². The van der Waals surface area contributed by atoms with E-state index in [2.05, 4.69) is 9.88 Å². The van der Waals surface area contributed by atoms with Crippen molar-refractivity contribution in [2.75, 3.05) is 45.2 Å². The number of aromatic nitrogens is 1. The molecule has 2 aliphatic heterocycles. The molecule has 2 saturated heterocycles. The second-order valence-electron chi connectivity index (χ2n) is 5.82. The minimum Gasteiger partial charge on any atom is -0.364 e. The lowest BCUT2D eigenvalue weighted by Gasteiger charge is -2.36. The summed E-state index contributed by atoms with van der Waals surface area (Å²) in [4.78, 5) is 33.7. The third-order valence-corrected chi connectivity index (χ3v) is 4.16. The average molecular weight is 304 g/mol. The highest BCUT2D eigenvalue weighted by Crippen LogP contribution is 2.26. The predicted octanol–water partition coefficient (Wildman–Crippen LogP) is -0.414. The van der Waals surface area contributed by atoms with Crippen LogP contribution in [0.25, 0.3) is 0 Å². The Morgan fingerprint density at radius 3 is 2.91 bits per heavy atom. The molecule has 22 heavy (non-hydrogen) atoms. The molecule has 1 aromatic heterocycles. The normalized spacial score (nSPS) is 24.4. The first-order valence-electron chi connectivity index (χ1n) is 7.33. The Kier molecular flexibility index (Phi) is 3.98. The van der Waals surface area contributed by atoms with Crippen LogP contribution in [0.15, 0.2) is 24.4 Å². The van der Waals surface area contributed by atoms with Gasteiger partial charge in [0.25, 0.3) is 0 Å². The number of pyridine rings is 1. The van der Waals surface area contributed by atoms with Gasteiger partial charge in [-0.1, -0.05) is 6.07 Å². The van der Waals surface area contributed by atoms with Crippen LogP contribution in [0.5, 0.6) is 0 Å². The zero-order chi connectivity index (χ0) is 15.7. The standard InChI is InChI=1S/C15H20N4O3/c1-17(2)14(20)9-19-11-7-18(13-5-3-4-6-16-13)8-12(11)22-10-15(19)21/h3-6,11-12H,7-10H2,1-2H3/t11-,12-/m0/s1. The van der Waals surface area contributed by atoms with Gasteiger partial charge in [0.1, 0.15) is 19.0 Å². The summed E-state index contributed by atoms with van der Waals surface area (Å²) in [5.41, 5.74) is 0. The van der Waals surface area contributed by atoms with Gasteiger partial charge in [-0.3, -0.25) is 9.59 Å². The number of ether oxygens (including phenoxy) is 1. The number of morpholine rings is 1. The molecule has 0 N–H and O–H groups in total. The summed E-state index contributed by atoms with van der Waals surface area (Å²) in [7, 11) is 3.39. The van der Waals surface area contributed by atoms with E-state index in [0.29, 0.717) is 13.1 Å². The molecule has 118 valence electrons. The third-order valence-electron chi connectivity index (χ3n) is 4.16. The molecule has 0 bridgehead atoms. The maximum absolute atomic E-state index is 12.1. The SMILES string of the molecule is CN(C)C(=O)CN1C(=O)CO[C@H]2CN(c3ccccn3)C[C@@H]21. The van der Waals surface area contributed by atoms with Gasteiger partial charge in [-0.25, -0.2) is 4.98 Å². The Balaban J connectivity index is 1.75. The van der Waals surface area contributed by atoms with Crippen LogP contribution in [0.1, 0.15) is 0 Å². The Bertz CT molecular complexity index is 563. The van der Waals surface area contributed by atoms with Gasteiger partial charge in [0.15, 0.2) is 0 Å². The van der Waals surface area contributed by atoms with E-state index in [-0.39, 0.29) is 37.1 Å². The molecular formula is C15H20N4O3. The molecular weight excluding hydrogens is 284 g/mol. The number of rotatable bonds is 3. The quantitative estimate of drug-likeness (QED) is 0.759. The lowest BCUT2D eigenvalue weighted by molar-refractivity contribution is -0.156. The van der Waals surface area contributed by atoms with Crippen LogP contribution >= 0.6 is 0 Å². The van der Waals surface area contributed by atoms with E-state index in [4.69, 9.17) is 4.74 Å². The number of carbonyl (C=O) groups excluding carboxylic acids is 2. The zero-order valence-corrected chi connectivity index (χ0v) is 12.8. The Morgan fingerprint density at radius 2 is 2.23 bits per heavy atom. The fraction of sp³-hybridized carbons (Fsp3) is 0.533. The molecule has 0 aliphatic carbocycles. The highest BCUT2D eigenvalue weighted by atomic mass is 16.5. The fourth-order valence-corrected chi connectivity index (χ4v) is 2.89. The number of amides is 2. The number of likely N-dealkylation sites (N-methyl/N-ethyl adjacent to an activating group) is 1. The molecule has 0 aromatic carbocycles. The second-order valence-corrected chi connectivity index (χ2v) is 5.82. The van der Waals surface area contributed by atoms with E-state index in [1.54, 1.807) is 25.2 Å². The van der Waals surface area contributed by atoms with Crippen molar-refractivity contribution in [3.05, 3.63) is 24.4 Å². The second kappa shape index (κ2) is 5.92. The van der Waals surface area contributed by atoms with E-state index in [0.717, 1.165) is 5.82 Å². The van der Waals surface area contributed by atoms with Gasteiger partial charge < -0.3 is 19.4 Å². The summed E-state index contributed by atoms with van der Waals surface area (Å²) in [6.45, 7) is 1.46. The fourth-order valence-electron chi connectivity index (χ4n) is 2.89. The highest BCUT2D eigenvalue weighted by Gasteiger charge is 2.44. The lowest BCUT2D eigenvalue weighted by atomic mass is 10.1. The zero-order valence-electron chi connectivity index (χ0n) is 12.8. The molecule has 3 rings (SSSR count). The van der Waals surface area contributed by atoms with Crippen LogP contribution in [-0.4, -0.2) is 79.1 Å². The Morgan fingerprint density at radius 1 is 1.41 bits per heavy atom. The summed E-state index contributed by atoms with van der Waals surface area (Å²) in [6.07, 6.45) is 1.67. The molecule has 0 spiro atoms. The number of hydrogen-bond acceptors (Lipinski definition) is 5. The van der Waals surface area contributed by atoms with Crippen LogP contribution in [0, 0.1) is 0 Å². The summed E-state index contributed by atoms with van der Waals surface area (Å²) >= 11 is 0. The number of fused-ring (bicyclic) bond motifs is 1. The van der Waals surface area contributed by atoms with Crippen molar-refractivity contribution in [3.63, 3.8) is 0 Å². The van der Waals surface area contributed by atoms with Crippen LogP contribution in [-0.2, 0) is 14.3 Å². The minimum absolute atomic E-state index is 0.0396. The molecule has 0 radical (unpaired) electrons. The average Bonchev–Trinajstić information content (AvgIpc) is 2.95. The van der Waals surface area contributed by atoms with Gasteiger partial charge in [-0.15, -0.1) is 0 Å². The number of hydrogen-bond donors (Lipinski definition) is 0. The number of anilines is 1. The maximum atomic E-state index is 12.1. The number of nitrogens with zero attached hydrogens (tertiary/aromatic N) is 4. The first kappa shape index (κ1) is 14.8. The van der Waals surface area contributed by atoms with E-state index in [1.807, 2.05) is 18.2 Å². The van der Waals surface area contributed by atoms with Crippen molar-refractivity contribution in [1.29, 1.82) is 0 Å². The topological polar surface area (TPSA) is 66.0 Å². The Labute approximate surface area is 129 Å². The van der Waals surface area contributed by atoms with Crippen LogP contribution in [0.4, 0.5) is 5.82 Å². The van der Waals surface area contributed by atoms with Crippen LogP contribution in [0.3, 0.4) is 0 Å². The molecule has 3 heterocycles. The van der Waals surface area contributed by atoms with E-state index in [1.165, 1.54) is 4.90 Å². The van der Waals surface area contributed by atoms with Crippen molar-refractivity contribution in [2.24, 2.45) is 0 Å². The van der Waals surface area contributed by atoms with Crippen molar-refractivity contribution in [1.82, 2.24) is 14.8 Å². The molecule has 7 heteroatoms. The van der Waals surface area contributed by atoms with Crippen LogP contribution < -0.4 is 4.90 Å². The van der Waals surface area contributed by atoms with Crippen molar-refractivity contribution in [3.8, 4) is 0 Å². The largest absolute Gasteiger partial charge is 0.364 e. The summed E-state index contributed by atoms with van der Waals surface area (Å²) < 4.78 is 5.65. The summed E-state index contributed by atoms with van der Waals surface area (Å²) in [5.74, 6) is 0.663. The molecule has 2 atom stereocenters. The molecule has 2 amide bonds. The van der Waals surface area contributed by atoms with Gasteiger partial charge >= 0.3 is 0 Å². The van der Waals surface area contributed by atoms with Gasteiger partial charge in [0.05, 0.1) is 12.1 Å². The molecule has 7 nitrogen and oxygen atoms in total.